The van der Waals surface area contributed by atoms with Gasteiger partial charge in [-0.05, 0) is 34.6 Å². The number of hydrogen-bond donors (Lipinski definition) is 0. The van der Waals surface area contributed by atoms with Gasteiger partial charge in [-0.15, -0.1) is 6.58 Å². The fraction of sp³-hybridized carbons (Fsp3) is 0.846. The van der Waals surface area contributed by atoms with Crippen LogP contribution in [0.4, 0.5) is 0 Å². The van der Waals surface area contributed by atoms with Crippen molar-refractivity contribution in [2.75, 3.05) is 34.7 Å². The summed E-state index contributed by atoms with van der Waals surface area (Å²) >= 11 is 0. The highest BCUT2D eigenvalue weighted by Gasteiger charge is 2.09. The Hall–Kier alpha value is -0.340. The van der Waals surface area contributed by atoms with Crippen LogP contribution in [-0.4, -0.2) is 50.6 Å². The summed E-state index contributed by atoms with van der Waals surface area (Å²) in [5.74, 6) is 0. The van der Waals surface area contributed by atoms with Crippen molar-refractivity contribution in [2.24, 2.45) is 0 Å². The lowest BCUT2D eigenvalue weighted by molar-refractivity contribution is 0.230. The van der Waals surface area contributed by atoms with Gasteiger partial charge in [0, 0.05) is 12.6 Å². The van der Waals surface area contributed by atoms with Crippen LogP contribution in [0.5, 0.6) is 0 Å². The second-order valence-corrected chi connectivity index (χ2v) is 3.40. The van der Waals surface area contributed by atoms with E-state index in [4.69, 9.17) is 0 Å². The van der Waals surface area contributed by atoms with Crippen LogP contribution in [0, 0.1) is 0 Å². The largest absolute Gasteiger partial charge is 0.308 e. The van der Waals surface area contributed by atoms with Crippen molar-refractivity contribution >= 4 is 0 Å². The number of hydrogen-bond acceptors (Lipinski definition) is 2. The normalized spacial score (nSPS) is 11.1. The molecule has 0 fully saturated rings. The van der Waals surface area contributed by atoms with E-state index in [0.717, 1.165) is 13.0 Å². The highest BCUT2D eigenvalue weighted by atomic mass is 15.2. The lowest BCUT2D eigenvalue weighted by Crippen LogP contribution is -2.36. The topological polar surface area (TPSA) is 6.48 Å². The average Bonchev–Trinajstić information content (AvgIpc) is 2.22. The van der Waals surface area contributed by atoms with Crippen LogP contribution >= 0.6 is 0 Å². The minimum Gasteiger partial charge on any atom is -0.308 e. The third-order valence-electron chi connectivity index (χ3n) is 1.74. The lowest BCUT2D eigenvalue weighted by Gasteiger charge is -2.25. The Morgan fingerprint density at radius 2 is 1.40 bits per heavy atom. The molecule has 0 aromatic heterocycles. The van der Waals surface area contributed by atoms with Crippen molar-refractivity contribution in [3.8, 4) is 0 Å². The van der Waals surface area contributed by atoms with Crippen molar-refractivity contribution in [1.29, 1.82) is 0 Å². The zero-order chi connectivity index (χ0) is 12.9. The summed E-state index contributed by atoms with van der Waals surface area (Å²) in [7, 11) is 8.41. The molecular weight excluding hydrogens is 184 g/mol. The molecule has 15 heavy (non-hydrogen) atoms. The average molecular weight is 216 g/mol. The maximum atomic E-state index is 3.74. The summed E-state index contributed by atoms with van der Waals surface area (Å²) < 4.78 is 0. The molecular formula is C13H32N2. The molecule has 0 rings (SSSR count). The maximum absolute atomic E-state index is 3.74. The van der Waals surface area contributed by atoms with Crippen LogP contribution in [0.2, 0.25) is 0 Å². The Kier molecular flexibility index (Phi) is 21.6. The Morgan fingerprint density at radius 3 is 1.60 bits per heavy atom. The number of likely N-dealkylation sites (N-methyl/N-ethyl adjacent to an activating group) is 2. The van der Waals surface area contributed by atoms with Gasteiger partial charge in [-0.1, -0.05) is 33.8 Å². The van der Waals surface area contributed by atoms with Crippen molar-refractivity contribution in [3.63, 3.8) is 0 Å². The first-order valence-corrected chi connectivity index (χ1v) is 6.00. The summed E-state index contributed by atoms with van der Waals surface area (Å²) in [5.41, 5.74) is 0. The molecule has 0 aliphatic carbocycles. The van der Waals surface area contributed by atoms with E-state index in [1.807, 2.05) is 33.8 Å². The van der Waals surface area contributed by atoms with Crippen molar-refractivity contribution in [2.45, 2.75) is 40.2 Å². The van der Waals surface area contributed by atoms with Crippen LogP contribution in [0.25, 0.3) is 0 Å². The van der Waals surface area contributed by atoms with Gasteiger partial charge in [0.05, 0.1) is 0 Å². The van der Waals surface area contributed by atoms with Crippen LogP contribution in [-0.2, 0) is 0 Å². The molecule has 0 spiro atoms. The molecule has 0 aliphatic heterocycles. The number of nitrogens with zero attached hydrogens (tertiary/aromatic N) is 2. The van der Waals surface area contributed by atoms with E-state index in [-0.39, 0.29) is 0 Å². The summed E-state index contributed by atoms with van der Waals surface area (Å²) in [6, 6.07) is 0.600. The summed E-state index contributed by atoms with van der Waals surface area (Å²) in [4.78, 5) is 4.44. The molecule has 1 unspecified atom stereocenters. The van der Waals surface area contributed by atoms with Crippen molar-refractivity contribution in [1.82, 2.24) is 9.80 Å². The van der Waals surface area contributed by atoms with Gasteiger partial charge in [0.1, 0.15) is 0 Å². The summed E-state index contributed by atoms with van der Waals surface area (Å²) in [6.07, 6.45) is 3.04. The molecule has 1 atom stereocenters. The lowest BCUT2D eigenvalue weighted by atomic mass is 10.2. The minimum absolute atomic E-state index is 0.600. The van der Waals surface area contributed by atoms with E-state index in [1.54, 1.807) is 0 Å². The van der Waals surface area contributed by atoms with Crippen molar-refractivity contribution < 1.29 is 0 Å². The molecule has 0 aliphatic rings. The first-order chi connectivity index (χ1) is 7.07. The Morgan fingerprint density at radius 1 is 1.00 bits per heavy atom. The monoisotopic (exact) mass is 216 g/mol. The standard InChI is InChI=1S/C9H20N2.2C2H6/c1-6-7-9(11(4)5)8-10(2)3;2*1-2/h6,9H,1,7-8H2,2-5H3;2*1-2H3. The second kappa shape index (κ2) is 16.1. The van der Waals surface area contributed by atoms with E-state index in [1.165, 1.54) is 0 Å². The third-order valence-corrected chi connectivity index (χ3v) is 1.74. The third kappa shape index (κ3) is 16.3. The molecule has 0 radical (unpaired) electrons. The van der Waals surface area contributed by atoms with Gasteiger partial charge in [-0.3, -0.25) is 0 Å². The molecule has 0 heterocycles. The fourth-order valence-corrected chi connectivity index (χ4v) is 1.06. The van der Waals surface area contributed by atoms with Gasteiger partial charge in [0.15, 0.2) is 0 Å². The van der Waals surface area contributed by atoms with Gasteiger partial charge in [-0.25, -0.2) is 0 Å². The van der Waals surface area contributed by atoms with E-state index < -0.39 is 0 Å². The van der Waals surface area contributed by atoms with E-state index in [9.17, 15) is 0 Å². The molecule has 0 aromatic rings. The van der Waals surface area contributed by atoms with Gasteiger partial charge >= 0.3 is 0 Å². The maximum Gasteiger partial charge on any atom is 0.0251 e. The van der Waals surface area contributed by atoms with Gasteiger partial charge in [0.2, 0.25) is 0 Å². The highest BCUT2D eigenvalue weighted by molar-refractivity contribution is 4.79. The zero-order valence-electron chi connectivity index (χ0n) is 12.2. The molecule has 2 nitrogen and oxygen atoms in total. The summed E-state index contributed by atoms with van der Waals surface area (Å²) in [5, 5.41) is 0. The smallest absolute Gasteiger partial charge is 0.0251 e. The first kappa shape index (κ1) is 20.1. The van der Waals surface area contributed by atoms with Gasteiger partial charge in [0.25, 0.3) is 0 Å². The van der Waals surface area contributed by atoms with Crippen LogP contribution in [0.3, 0.4) is 0 Å². The minimum atomic E-state index is 0.600. The molecule has 0 amide bonds. The van der Waals surface area contributed by atoms with Crippen molar-refractivity contribution in [3.05, 3.63) is 12.7 Å². The van der Waals surface area contributed by atoms with Gasteiger partial charge < -0.3 is 9.80 Å². The summed E-state index contributed by atoms with van der Waals surface area (Å²) in [6.45, 7) is 12.8. The molecule has 0 aromatic carbocycles. The first-order valence-electron chi connectivity index (χ1n) is 6.00. The van der Waals surface area contributed by atoms with Gasteiger partial charge in [-0.2, -0.15) is 0 Å². The number of rotatable bonds is 5. The van der Waals surface area contributed by atoms with E-state index >= 15 is 0 Å². The Bertz CT molecular complexity index is 109. The van der Waals surface area contributed by atoms with E-state index in [2.05, 4.69) is 44.6 Å². The fourth-order valence-electron chi connectivity index (χ4n) is 1.06. The molecule has 0 saturated carbocycles. The Labute approximate surface area is 98.0 Å². The zero-order valence-corrected chi connectivity index (χ0v) is 12.2. The second-order valence-electron chi connectivity index (χ2n) is 3.40. The Balaban J connectivity index is -0.000000318. The SMILES string of the molecule is C=CCC(CN(C)C)N(C)C.CC.CC. The highest BCUT2D eigenvalue weighted by Crippen LogP contribution is 2.00. The predicted molar refractivity (Wildman–Crippen MR) is 73.5 cm³/mol. The predicted octanol–water partition coefficient (Wildman–Crippen LogP) is 3.11. The molecule has 0 N–H and O–H groups in total. The van der Waals surface area contributed by atoms with Crippen LogP contribution in [0.15, 0.2) is 12.7 Å². The molecule has 0 saturated heterocycles. The molecule has 94 valence electrons. The molecule has 2 heteroatoms. The quantitative estimate of drug-likeness (QED) is 0.652. The van der Waals surface area contributed by atoms with E-state index in [0.29, 0.717) is 6.04 Å². The molecule has 0 bridgehead atoms. The van der Waals surface area contributed by atoms with Crippen LogP contribution < -0.4 is 0 Å². The van der Waals surface area contributed by atoms with Crippen LogP contribution in [0.1, 0.15) is 34.1 Å².